The Morgan fingerprint density at radius 1 is 1.56 bits per heavy atom. The van der Waals surface area contributed by atoms with Crippen LogP contribution in [0, 0.1) is 0 Å². The number of ether oxygens (including phenoxy) is 1. The van der Waals surface area contributed by atoms with Gasteiger partial charge in [-0.1, -0.05) is 6.92 Å². The Kier molecular flexibility index (Phi) is 2.80. The summed E-state index contributed by atoms with van der Waals surface area (Å²) in [5, 5.41) is 4.02. The summed E-state index contributed by atoms with van der Waals surface area (Å²) in [6.45, 7) is 3.55. The van der Waals surface area contributed by atoms with Crippen molar-refractivity contribution >= 4 is 11.7 Å². The van der Waals surface area contributed by atoms with E-state index >= 15 is 0 Å². The number of esters is 1. The van der Waals surface area contributed by atoms with Crippen molar-refractivity contribution in [3.63, 3.8) is 0 Å². The van der Waals surface area contributed by atoms with Gasteiger partial charge < -0.3 is 4.74 Å². The lowest BCUT2D eigenvalue weighted by Crippen LogP contribution is -2.11. The van der Waals surface area contributed by atoms with Gasteiger partial charge in [0.05, 0.1) is 5.69 Å². The van der Waals surface area contributed by atoms with Crippen LogP contribution in [0.1, 0.15) is 32.1 Å². The Balaban J connectivity index is 2.32. The number of nitrogens with zero attached hydrogens (tertiary/aromatic N) is 4. The zero-order valence-electron chi connectivity index (χ0n) is 9.12. The van der Waals surface area contributed by atoms with Gasteiger partial charge in [0.15, 0.2) is 0 Å². The van der Waals surface area contributed by atoms with Crippen molar-refractivity contribution in [2.45, 2.75) is 26.4 Å². The molecule has 6 heteroatoms. The molecular weight excluding hydrogens is 208 g/mol. The number of hydrogen-bond acceptors (Lipinski definition) is 5. The molecule has 0 aliphatic heterocycles. The summed E-state index contributed by atoms with van der Waals surface area (Å²) in [5.74, 6) is 0.259. The number of rotatable bonds is 3. The average Bonchev–Trinajstić information content (AvgIpc) is 2.76. The Morgan fingerprint density at radius 3 is 3.12 bits per heavy atom. The summed E-state index contributed by atoms with van der Waals surface area (Å²) < 4.78 is 6.77. The van der Waals surface area contributed by atoms with Crippen LogP contribution in [0.5, 0.6) is 0 Å². The fourth-order valence-electron chi connectivity index (χ4n) is 1.41. The number of aromatic nitrogens is 4. The van der Waals surface area contributed by atoms with E-state index in [0.717, 1.165) is 5.69 Å². The van der Waals surface area contributed by atoms with Crippen LogP contribution in [0.25, 0.3) is 5.78 Å². The molecule has 2 heterocycles. The van der Waals surface area contributed by atoms with E-state index in [0.29, 0.717) is 12.2 Å². The third-order valence-electron chi connectivity index (χ3n) is 2.22. The third kappa shape index (κ3) is 1.86. The summed E-state index contributed by atoms with van der Waals surface area (Å²) in [6.07, 6.45) is 3.03. The van der Waals surface area contributed by atoms with Crippen molar-refractivity contribution in [2.75, 3.05) is 0 Å². The van der Waals surface area contributed by atoms with Gasteiger partial charge in [0.2, 0.25) is 0 Å². The monoisotopic (exact) mass is 220 g/mol. The van der Waals surface area contributed by atoms with Gasteiger partial charge in [-0.2, -0.15) is 14.6 Å². The van der Waals surface area contributed by atoms with Gasteiger partial charge in [0.1, 0.15) is 12.4 Å². The Morgan fingerprint density at radius 2 is 2.38 bits per heavy atom. The van der Waals surface area contributed by atoms with Gasteiger partial charge in [0, 0.05) is 12.6 Å². The lowest BCUT2D eigenvalue weighted by Gasteiger charge is -2.13. The minimum atomic E-state index is -0.361. The fourth-order valence-corrected chi connectivity index (χ4v) is 1.41. The number of carbonyl (C=O) groups is 1. The number of carbonyl (C=O) groups excluding carboxylic acids is 1. The first-order chi connectivity index (χ1) is 7.72. The molecule has 84 valence electrons. The number of hydrogen-bond donors (Lipinski definition) is 0. The van der Waals surface area contributed by atoms with Crippen LogP contribution >= 0.6 is 0 Å². The normalized spacial score (nSPS) is 12.6. The molecule has 0 aromatic carbocycles. The van der Waals surface area contributed by atoms with E-state index in [-0.39, 0.29) is 12.1 Å². The number of fused-ring (bicyclic) bond motifs is 1. The van der Waals surface area contributed by atoms with Crippen molar-refractivity contribution in [2.24, 2.45) is 0 Å². The predicted octanol–water partition coefficient (Wildman–Crippen LogP) is 1.14. The maximum atomic E-state index is 11.2. The molecule has 0 bridgehead atoms. The second-order valence-corrected chi connectivity index (χ2v) is 3.33. The second-order valence-electron chi connectivity index (χ2n) is 3.33. The van der Waals surface area contributed by atoms with Crippen LogP contribution in [-0.2, 0) is 9.53 Å². The van der Waals surface area contributed by atoms with E-state index in [1.54, 1.807) is 30.6 Å². The first kappa shape index (κ1) is 10.5. The van der Waals surface area contributed by atoms with E-state index in [1.165, 1.54) is 6.33 Å². The van der Waals surface area contributed by atoms with E-state index in [4.69, 9.17) is 4.74 Å². The van der Waals surface area contributed by atoms with Crippen molar-refractivity contribution in [3.8, 4) is 0 Å². The molecule has 0 saturated carbocycles. The molecule has 0 aliphatic carbocycles. The minimum Gasteiger partial charge on any atom is -0.456 e. The van der Waals surface area contributed by atoms with Crippen LogP contribution in [0.2, 0.25) is 0 Å². The van der Waals surface area contributed by atoms with Gasteiger partial charge in [0.25, 0.3) is 5.78 Å². The fraction of sp³-hybridized carbons (Fsp3) is 0.400. The quantitative estimate of drug-likeness (QED) is 0.725. The first-order valence-corrected chi connectivity index (χ1v) is 5.06. The van der Waals surface area contributed by atoms with Crippen LogP contribution in [0.3, 0.4) is 0 Å². The highest BCUT2D eigenvalue weighted by atomic mass is 16.5. The maximum absolute atomic E-state index is 11.2. The molecule has 1 atom stereocenters. The largest absolute Gasteiger partial charge is 0.456 e. The summed E-state index contributed by atoms with van der Waals surface area (Å²) >= 11 is 0. The van der Waals surface area contributed by atoms with Gasteiger partial charge in [-0.3, -0.25) is 4.79 Å². The van der Waals surface area contributed by atoms with Crippen molar-refractivity contribution < 1.29 is 9.53 Å². The molecule has 0 aliphatic rings. The molecule has 0 saturated heterocycles. The Bertz CT molecular complexity index is 508. The van der Waals surface area contributed by atoms with Crippen LogP contribution in [0.4, 0.5) is 0 Å². The molecule has 0 spiro atoms. The zero-order chi connectivity index (χ0) is 11.5. The summed E-state index contributed by atoms with van der Waals surface area (Å²) in [6, 6.07) is 1.76. The highest BCUT2D eigenvalue weighted by Gasteiger charge is 2.14. The molecule has 0 amide bonds. The van der Waals surface area contributed by atoms with Gasteiger partial charge in [-0.25, -0.2) is 4.98 Å². The molecule has 0 unspecified atom stereocenters. The minimum absolute atomic E-state index is 0.238. The lowest BCUT2D eigenvalue weighted by molar-refractivity contribution is -0.148. The Labute approximate surface area is 92.3 Å². The van der Waals surface area contributed by atoms with Gasteiger partial charge in [-0.15, -0.1) is 0 Å². The predicted molar refractivity (Wildman–Crippen MR) is 55.6 cm³/mol. The van der Waals surface area contributed by atoms with Crippen LogP contribution in [0.15, 0.2) is 18.6 Å². The smallest absolute Gasteiger partial charge is 0.306 e. The van der Waals surface area contributed by atoms with Gasteiger partial charge >= 0.3 is 5.97 Å². The SMILES string of the molecule is CCC(=O)O[C@H](C)c1ccnc2ncnn12. The molecule has 2 aromatic heterocycles. The van der Waals surface area contributed by atoms with Crippen LogP contribution in [-0.4, -0.2) is 25.6 Å². The summed E-state index contributed by atoms with van der Waals surface area (Å²) in [7, 11) is 0. The van der Waals surface area contributed by atoms with Crippen molar-refractivity contribution in [3.05, 3.63) is 24.3 Å². The molecule has 6 nitrogen and oxygen atoms in total. The molecular formula is C10H12N4O2. The topological polar surface area (TPSA) is 69.4 Å². The van der Waals surface area contributed by atoms with E-state index < -0.39 is 0 Å². The van der Waals surface area contributed by atoms with E-state index in [1.807, 2.05) is 0 Å². The highest BCUT2D eigenvalue weighted by molar-refractivity contribution is 5.69. The van der Waals surface area contributed by atoms with E-state index in [2.05, 4.69) is 15.1 Å². The Hall–Kier alpha value is -1.98. The molecule has 16 heavy (non-hydrogen) atoms. The van der Waals surface area contributed by atoms with Crippen molar-refractivity contribution in [1.82, 2.24) is 19.6 Å². The highest BCUT2D eigenvalue weighted by Crippen LogP contribution is 2.16. The first-order valence-electron chi connectivity index (χ1n) is 5.06. The molecule has 0 N–H and O–H groups in total. The van der Waals surface area contributed by atoms with Crippen LogP contribution < -0.4 is 0 Å². The summed E-state index contributed by atoms with van der Waals surface area (Å²) in [5.41, 5.74) is 0.754. The molecule has 2 rings (SSSR count). The average molecular weight is 220 g/mol. The van der Waals surface area contributed by atoms with Crippen molar-refractivity contribution in [1.29, 1.82) is 0 Å². The van der Waals surface area contributed by atoms with E-state index in [9.17, 15) is 4.79 Å². The molecule has 2 aromatic rings. The maximum Gasteiger partial charge on any atom is 0.306 e. The third-order valence-corrected chi connectivity index (χ3v) is 2.22. The summed E-state index contributed by atoms with van der Waals surface area (Å²) in [4.78, 5) is 19.2. The lowest BCUT2D eigenvalue weighted by atomic mass is 10.3. The molecule has 0 fully saturated rings. The zero-order valence-corrected chi connectivity index (χ0v) is 9.12. The second kappa shape index (κ2) is 4.26. The van der Waals surface area contributed by atoms with Gasteiger partial charge in [-0.05, 0) is 13.0 Å². The standard InChI is InChI=1S/C10H12N4O2/c1-3-9(15)16-7(2)8-4-5-11-10-12-6-13-14(8)10/h4-7H,3H2,1-2H3/t7-/m1/s1. The molecule has 0 radical (unpaired) electrons.